The van der Waals surface area contributed by atoms with E-state index < -0.39 is 5.91 Å². The summed E-state index contributed by atoms with van der Waals surface area (Å²) in [6.07, 6.45) is 0.544. The minimum Gasteiger partial charge on any atom is -0.396 e. The van der Waals surface area contributed by atoms with Crippen molar-refractivity contribution in [1.82, 2.24) is 14.5 Å². The van der Waals surface area contributed by atoms with Crippen LogP contribution in [-0.4, -0.2) is 38.7 Å². The van der Waals surface area contributed by atoms with E-state index in [1.807, 2.05) is 48.5 Å². The Morgan fingerprint density at radius 1 is 1.03 bits per heavy atom. The molecule has 0 aliphatic carbocycles. The predicted molar refractivity (Wildman–Crippen MR) is 145 cm³/mol. The van der Waals surface area contributed by atoms with Crippen molar-refractivity contribution in [2.24, 2.45) is 5.73 Å². The number of imidazole rings is 1. The lowest BCUT2D eigenvalue weighted by atomic mass is 10.1. The van der Waals surface area contributed by atoms with Gasteiger partial charge < -0.3 is 25.7 Å². The number of aliphatic hydroxyl groups is 1. The Hall–Kier alpha value is -4.69. The summed E-state index contributed by atoms with van der Waals surface area (Å²) in [6.45, 7) is 0.548. The highest BCUT2D eigenvalue weighted by Gasteiger charge is 2.19. The number of primary amides is 1. The van der Waals surface area contributed by atoms with E-state index in [4.69, 9.17) is 10.7 Å². The van der Waals surface area contributed by atoms with Crippen LogP contribution in [0.3, 0.4) is 0 Å². The number of para-hydroxylation sites is 1. The monoisotopic (exact) mass is 493 g/mol. The van der Waals surface area contributed by atoms with Crippen molar-refractivity contribution >= 4 is 44.4 Å². The summed E-state index contributed by atoms with van der Waals surface area (Å²) in [5.41, 5.74) is 11.6. The zero-order valence-corrected chi connectivity index (χ0v) is 19.8. The van der Waals surface area contributed by atoms with Crippen LogP contribution >= 0.6 is 0 Å². The van der Waals surface area contributed by atoms with Crippen molar-refractivity contribution in [3.8, 4) is 17.1 Å². The van der Waals surface area contributed by atoms with Crippen molar-refractivity contribution in [1.29, 1.82) is 0 Å². The van der Waals surface area contributed by atoms with Gasteiger partial charge in [0.2, 0.25) is 0 Å². The summed E-state index contributed by atoms with van der Waals surface area (Å²) in [6, 6.07) is 24.1. The lowest BCUT2D eigenvalue weighted by molar-refractivity contribution is 0.100. The molecule has 0 saturated heterocycles. The summed E-state index contributed by atoms with van der Waals surface area (Å²) < 4.78 is 15.9. The third kappa shape index (κ3) is 3.88. The number of aromatic amines is 1. The van der Waals surface area contributed by atoms with Gasteiger partial charge in [-0.05, 0) is 55.0 Å². The van der Waals surface area contributed by atoms with Crippen LogP contribution in [0.1, 0.15) is 16.8 Å². The summed E-state index contributed by atoms with van der Waals surface area (Å²) >= 11 is 0. The zero-order chi connectivity index (χ0) is 25.5. The number of amides is 1. The molecule has 2 aromatic heterocycles. The highest BCUT2D eigenvalue weighted by Crippen LogP contribution is 2.38. The third-order valence-corrected chi connectivity index (χ3v) is 6.57. The molecule has 0 saturated carbocycles. The molecular formula is C29H24FN5O2. The van der Waals surface area contributed by atoms with Gasteiger partial charge in [0.1, 0.15) is 11.6 Å². The number of nitrogens with one attached hydrogen (secondary N) is 2. The van der Waals surface area contributed by atoms with Gasteiger partial charge in [-0.3, -0.25) is 4.79 Å². The first-order chi connectivity index (χ1) is 18.0. The number of hydrogen-bond acceptors (Lipinski definition) is 4. The Labute approximate surface area is 211 Å². The standard InChI is InChI=1S/C29H24FN5O2/c30-17-9-12-22-24(15-17)34-29(33-22)21-6-3-8-26-27(21)20-5-1-2-7-25(20)35(26)18-10-11-19(28(31)37)23(16-18)32-13-4-14-36/h1-3,5-12,15-16,32,36H,4,13-14H2,(H2,31,37)(H,33,34). The number of nitrogens with zero attached hydrogens (tertiary/aromatic N) is 2. The number of fused-ring (bicyclic) bond motifs is 4. The Balaban J connectivity index is 1.59. The van der Waals surface area contributed by atoms with Gasteiger partial charge >= 0.3 is 0 Å². The van der Waals surface area contributed by atoms with Crippen LogP contribution in [0.2, 0.25) is 0 Å². The van der Waals surface area contributed by atoms with E-state index in [2.05, 4.69) is 20.9 Å². The summed E-state index contributed by atoms with van der Waals surface area (Å²) in [5, 5.41) is 14.5. The number of halogens is 1. The molecule has 0 aliphatic rings. The van der Waals surface area contributed by atoms with Crippen LogP contribution < -0.4 is 11.1 Å². The fraction of sp³-hybridized carbons (Fsp3) is 0.103. The van der Waals surface area contributed by atoms with Crippen molar-refractivity contribution < 1.29 is 14.3 Å². The number of aromatic nitrogens is 3. The molecule has 0 atom stereocenters. The van der Waals surface area contributed by atoms with Gasteiger partial charge in [-0.15, -0.1) is 0 Å². The van der Waals surface area contributed by atoms with Crippen LogP contribution in [0.15, 0.2) is 78.9 Å². The van der Waals surface area contributed by atoms with Crippen LogP contribution in [0.4, 0.5) is 10.1 Å². The van der Waals surface area contributed by atoms with Crippen molar-refractivity contribution in [3.63, 3.8) is 0 Å². The SMILES string of the molecule is NC(=O)c1ccc(-n2c3ccccc3c3c(-c4nc5ccc(F)cc5[nH]4)cccc32)cc1NCCCO. The maximum atomic E-state index is 13.8. The first kappa shape index (κ1) is 22.8. The Kier molecular flexibility index (Phi) is 5.58. The second kappa shape index (κ2) is 9.07. The van der Waals surface area contributed by atoms with E-state index in [1.54, 1.807) is 12.1 Å². The van der Waals surface area contributed by atoms with Gasteiger partial charge in [0, 0.05) is 40.9 Å². The van der Waals surface area contributed by atoms with E-state index in [1.165, 1.54) is 12.1 Å². The fourth-order valence-corrected chi connectivity index (χ4v) is 4.94. The van der Waals surface area contributed by atoms with Gasteiger partial charge in [-0.1, -0.05) is 30.3 Å². The molecule has 7 nitrogen and oxygen atoms in total. The van der Waals surface area contributed by atoms with Crippen LogP contribution in [0.25, 0.3) is 49.9 Å². The third-order valence-electron chi connectivity index (χ3n) is 6.57. The number of rotatable bonds is 7. The van der Waals surface area contributed by atoms with Crippen molar-refractivity contribution in [3.05, 3.63) is 90.2 Å². The first-order valence-electron chi connectivity index (χ1n) is 12.0. The maximum Gasteiger partial charge on any atom is 0.250 e. The average Bonchev–Trinajstić information content (AvgIpc) is 3.47. The molecule has 0 aliphatic heterocycles. The highest BCUT2D eigenvalue weighted by atomic mass is 19.1. The molecule has 0 unspecified atom stereocenters. The quantitative estimate of drug-likeness (QED) is 0.225. The average molecular weight is 494 g/mol. The molecule has 0 radical (unpaired) electrons. The summed E-state index contributed by atoms with van der Waals surface area (Å²) in [4.78, 5) is 20.1. The number of aliphatic hydroxyl groups excluding tert-OH is 1. The zero-order valence-electron chi connectivity index (χ0n) is 19.8. The van der Waals surface area contributed by atoms with Crippen LogP contribution in [-0.2, 0) is 0 Å². The molecule has 37 heavy (non-hydrogen) atoms. The number of nitrogens with two attached hydrogens (primary N) is 1. The number of benzene rings is 4. The Morgan fingerprint density at radius 3 is 2.70 bits per heavy atom. The van der Waals surface area contributed by atoms with E-state index in [0.717, 1.165) is 33.1 Å². The maximum absolute atomic E-state index is 13.8. The highest BCUT2D eigenvalue weighted by molar-refractivity contribution is 6.15. The molecular weight excluding hydrogens is 469 g/mol. The molecule has 0 bridgehead atoms. The minimum absolute atomic E-state index is 0.0443. The van der Waals surface area contributed by atoms with Crippen molar-refractivity contribution in [2.45, 2.75) is 6.42 Å². The molecule has 8 heteroatoms. The molecule has 4 aromatic carbocycles. The Morgan fingerprint density at radius 2 is 1.86 bits per heavy atom. The molecule has 6 rings (SSSR count). The van der Waals surface area contributed by atoms with Crippen molar-refractivity contribution in [2.75, 3.05) is 18.5 Å². The topological polar surface area (TPSA) is 109 Å². The number of H-pyrrole nitrogens is 1. The van der Waals surface area contributed by atoms with Gasteiger partial charge in [0.15, 0.2) is 0 Å². The lowest BCUT2D eigenvalue weighted by Crippen LogP contribution is -2.15. The van der Waals surface area contributed by atoms with E-state index in [0.29, 0.717) is 41.1 Å². The molecule has 1 amide bonds. The summed E-state index contributed by atoms with van der Waals surface area (Å²) in [5.74, 6) is -0.186. The predicted octanol–water partition coefficient (Wildman–Crippen LogP) is 5.36. The molecule has 6 aromatic rings. The number of carbonyl (C=O) groups excluding carboxylic acids is 1. The Bertz CT molecular complexity index is 1800. The van der Waals surface area contributed by atoms with Gasteiger partial charge in [0.05, 0.1) is 27.6 Å². The number of hydrogen-bond donors (Lipinski definition) is 4. The molecule has 0 fully saturated rings. The number of carbonyl (C=O) groups is 1. The van der Waals surface area contributed by atoms with E-state index in [9.17, 15) is 14.3 Å². The molecule has 184 valence electrons. The van der Waals surface area contributed by atoms with E-state index >= 15 is 0 Å². The van der Waals surface area contributed by atoms with Gasteiger partial charge in [0.25, 0.3) is 5.91 Å². The van der Waals surface area contributed by atoms with Crippen LogP contribution in [0, 0.1) is 5.82 Å². The van der Waals surface area contributed by atoms with Gasteiger partial charge in [-0.25, -0.2) is 9.37 Å². The largest absolute Gasteiger partial charge is 0.396 e. The minimum atomic E-state index is -0.524. The first-order valence-corrected chi connectivity index (χ1v) is 12.0. The van der Waals surface area contributed by atoms with E-state index in [-0.39, 0.29) is 12.4 Å². The number of anilines is 1. The fourth-order valence-electron chi connectivity index (χ4n) is 4.94. The molecule has 5 N–H and O–H groups in total. The smallest absolute Gasteiger partial charge is 0.250 e. The lowest BCUT2D eigenvalue weighted by Gasteiger charge is -2.14. The van der Waals surface area contributed by atoms with Gasteiger partial charge in [-0.2, -0.15) is 0 Å². The van der Waals surface area contributed by atoms with Crippen LogP contribution in [0.5, 0.6) is 0 Å². The molecule has 2 heterocycles. The second-order valence-corrected chi connectivity index (χ2v) is 8.90. The summed E-state index contributed by atoms with van der Waals surface area (Å²) in [7, 11) is 0. The molecule has 0 spiro atoms. The normalized spacial score (nSPS) is 11.5. The second-order valence-electron chi connectivity index (χ2n) is 8.90.